The molecule has 18 heavy (non-hydrogen) atoms. The summed E-state index contributed by atoms with van der Waals surface area (Å²) in [5, 5.41) is 11.7. The summed E-state index contributed by atoms with van der Waals surface area (Å²) in [5.41, 5.74) is 4.03. The van der Waals surface area contributed by atoms with Crippen LogP contribution in [0.1, 0.15) is 10.8 Å². The number of nitrogens with zero attached hydrogens (tertiary/aromatic N) is 3. The van der Waals surface area contributed by atoms with Crippen molar-refractivity contribution in [1.82, 2.24) is 14.5 Å². The molecule has 1 N–H and O–H groups in total. The predicted octanol–water partition coefficient (Wildman–Crippen LogP) is 2.50. The third-order valence-corrected chi connectivity index (χ3v) is 3.92. The van der Waals surface area contributed by atoms with Crippen LogP contribution < -0.4 is 0 Å². The average Bonchev–Trinajstić information content (AvgIpc) is 2.95. The predicted molar refractivity (Wildman–Crippen MR) is 72.5 cm³/mol. The summed E-state index contributed by atoms with van der Waals surface area (Å²) in [5.74, 6) is 0.997. The van der Waals surface area contributed by atoms with Crippen LogP contribution in [0.3, 0.4) is 0 Å². The molecule has 0 bridgehead atoms. The Labute approximate surface area is 109 Å². The fraction of sp³-hybridized carbons (Fsp3) is 0.231. The number of aryl methyl sites for hydroxylation is 2. The second-order valence-corrected chi connectivity index (χ2v) is 5.15. The van der Waals surface area contributed by atoms with Crippen LogP contribution in [-0.2, 0) is 13.7 Å². The van der Waals surface area contributed by atoms with E-state index in [1.807, 2.05) is 31.5 Å². The zero-order valence-electron chi connectivity index (χ0n) is 10.2. The van der Waals surface area contributed by atoms with Gasteiger partial charge < -0.3 is 9.67 Å². The van der Waals surface area contributed by atoms with Crippen LogP contribution in [-0.4, -0.2) is 19.6 Å². The molecule has 0 saturated carbocycles. The molecule has 0 aliphatic rings. The monoisotopic (exact) mass is 259 g/mol. The Morgan fingerprint density at radius 1 is 1.33 bits per heavy atom. The molecule has 0 unspecified atom stereocenters. The number of imidazole rings is 1. The lowest BCUT2D eigenvalue weighted by Gasteiger charge is -1.98. The molecule has 3 rings (SSSR count). The fourth-order valence-electron chi connectivity index (χ4n) is 2.00. The number of thiazole rings is 1. The standard InChI is InChI=1S/C13H13N3OS/c1-8-14-10-5-9(3-4-12(10)16(8)2)11-7-18-13(6-17)15-11/h3-5,7,17H,6H2,1-2H3. The number of benzene rings is 1. The molecule has 0 radical (unpaired) electrons. The molecule has 2 heterocycles. The molecule has 4 nitrogen and oxygen atoms in total. The van der Waals surface area contributed by atoms with Gasteiger partial charge in [0.15, 0.2) is 0 Å². The van der Waals surface area contributed by atoms with Gasteiger partial charge in [0.05, 0.1) is 23.3 Å². The van der Waals surface area contributed by atoms with E-state index in [2.05, 4.69) is 20.6 Å². The smallest absolute Gasteiger partial charge is 0.119 e. The Morgan fingerprint density at radius 3 is 2.89 bits per heavy atom. The molecule has 0 spiro atoms. The summed E-state index contributed by atoms with van der Waals surface area (Å²) in [6.45, 7) is 1.99. The molecule has 0 fully saturated rings. The summed E-state index contributed by atoms with van der Waals surface area (Å²) in [7, 11) is 2.01. The third-order valence-electron chi connectivity index (χ3n) is 3.09. The Kier molecular flexibility index (Phi) is 2.65. The van der Waals surface area contributed by atoms with E-state index in [-0.39, 0.29) is 6.61 Å². The second-order valence-electron chi connectivity index (χ2n) is 4.21. The van der Waals surface area contributed by atoms with Gasteiger partial charge in [-0.25, -0.2) is 9.97 Å². The highest BCUT2D eigenvalue weighted by Crippen LogP contribution is 2.25. The van der Waals surface area contributed by atoms with Crippen LogP contribution in [0.25, 0.3) is 22.3 Å². The van der Waals surface area contributed by atoms with Gasteiger partial charge in [-0.3, -0.25) is 0 Å². The Balaban J connectivity index is 2.13. The average molecular weight is 259 g/mol. The number of aromatic nitrogens is 3. The van der Waals surface area contributed by atoms with Gasteiger partial charge in [-0.1, -0.05) is 6.07 Å². The molecular formula is C13H13N3OS. The topological polar surface area (TPSA) is 50.9 Å². The molecule has 92 valence electrons. The van der Waals surface area contributed by atoms with Crippen molar-refractivity contribution in [3.05, 3.63) is 34.4 Å². The van der Waals surface area contributed by atoms with E-state index in [4.69, 9.17) is 5.11 Å². The Bertz CT molecular complexity index is 714. The van der Waals surface area contributed by atoms with Gasteiger partial charge >= 0.3 is 0 Å². The van der Waals surface area contributed by atoms with E-state index >= 15 is 0 Å². The van der Waals surface area contributed by atoms with Crippen molar-refractivity contribution in [3.8, 4) is 11.3 Å². The van der Waals surface area contributed by atoms with E-state index in [9.17, 15) is 0 Å². The lowest BCUT2D eigenvalue weighted by molar-refractivity contribution is 0.281. The number of aliphatic hydroxyl groups excluding tert-OH is 1. The van der Waals surface area contributed by atoms with Crippen molar-refractivity contribution >= 4 is 22.4 Å². The Morgan fingerprint density at radius 2 is 2.17 bits per heavy atom. The molecule has 3 aromatic rings. The number of hydrogen-bond acceptors (Lipinski definition) is 4. The molecule has 0 aliphatic heterocycles. The van der Waals surface area contributed by atoms with Crippen LogP contribution in [0.15, 0.2) is 23.6 Å². The molecule has 1 aromatic carbocycles. The fourth-order valence-corrected chi connectivity index (χ4v) is 2.66. The zero-order chi connectivity index (χ0) is 12.7. The van der Waals surface area contributed by atoms with E-state index in [1.54, 1.807) is 0 Å². The van der Waals surface area contributed by atoms with Crippen molar-refractivity contribution in [2.24, 2.45) is 7.05 Å². The number of aliphatic hydroxyl groups is 1. The maximum Gasteiger partial charge on any atom is 0.119 e. The van der Waals surface area contributed by atoms with E-state index < -0.39 is 0 Å². The summed E-state index contributed by atoms with van der Waals surface area (Å²) in [6.07, 6.45) is 0. The molecule has 2 aromatic heterocycles. The van der Waals surface area contributed by atoms with Gasteiger partial charge in [0, 0.05) is 18.0 Å². The van der Waals surface area contributed by atoms with Gasteiger partial charge in [-0.2, -0.15) is 0 Å². The largest absolute Gasteiger partial charge is 0.389 e. The molecular weight excluding hydrogens is 246 g/mol. The Hall–Kier alpha value is -1.72. The molecule has 0 aliphatic carbocycles. The van der Waals surface area contributed by atoms with Crippen LogP contribution in [0.5, 0.6) is 0 Å². The third kappa shape index (κ3) is 1.72. The second kappa shape index (κ2) is 4.19. The van der Waals surface area contributed by atoms with Crippen LogP contribution in [0.4, 0.5) is 0 Å². The molecule has 5 heteroatoms. The summed E-state index contributed by atoms with van der Waals surface area (Å²) >= 11 is 1.47. The summed E-state index contributed by atoms with van der Waals surface area (Å²) in [4.78, 5) is 8.88. The first kappa shape index (κ1) is 11.4. The van der Waals surface area contributed by atoms with E-state index in [1.165, 1.54) is 11.3 Å². The van der Waals surface area contributed by atoms with Crippen molar-refractivity contribution in [1.29, 1.82) is 0 Å². The first-order valence-electron chi connectivity index (χ1n) is 5.68. The maximum absolute atomic E-state index is 9.04. The number of fused-ring (bicyclic) bond motifs is 1. The van der Waals surface area contributed by atoms with Gasteiger partial charge in [0.1, 0.15) is 10.8 Å². The van der Waals surface area contributed by atoms with Gasteiger partial charge in [-0.15, -0.1) is 11.3 Å². The molecule has 0 saturated heterocycles. The highest BCUT2D eigenvalue weighted by atomic mass is 32.1. The van der Waals surface area contributed by atoms with Crippen LogP contribution >= 0.6 is 11.3 Å². The normalized spacial score (nSPS) is 11.3. The van der Waals surface area contributed by atoms with Crippen LogP contribution in [0.2, 0.25) is 0 Å². The minimum atomic E-state index is -0.00436. The molecule has 0 amide bonds. The number of hydrogen-bond donors (Lipinski definition) is 1. The summed E-state index contributed by atoms with van der Waals surface area (Å²) in [6, 6.07) is 6.14. The van der Waals surface area contributed by atoms with Gasteiger partial charge in [-0.05, 0) is 19.1 Å². The first-order valence-corrected chi connectivity index (χ1v) is 6.55. The lowest BCUT2D eigenvalue weighted by Crippen LogP contribution is -1.89. The first-order chi connectivity index (χ1) is 8.69. The van der Waals surface area contributed by atoms with Gasteiger partial charge in [0.25, 0.3) is 0 Å². The van der Waals surface area contributed by atoms with Crippen molar-refractivity contribution in [3.63, 3.8) is 0 Å². The molecule has 0 atom stereocenters. The lowest BCUT2D eigenvalue weighted by atomic mass is 10.1. The van der Waals surface area contributed by atoms with E-state index in [0.29, 0.717) is 0 Å². The zero-order valence-corrected chi connectivity index (χ0v) is 11.0. The minimum Gasteiger partial charge on any atom is -0.389 e. The van der Waals surface area contributed by atoms with E-state index in [0.717, 1.165) is 33.1 Å². The highest BCUT2D eigenvalue weighted by molar-refractivity contribution is 7.09. The highest BCUT2D eigenvalue weighted by Gasteiger charge is 2.08. The van der Waals surface area contributed by atoms with Gasteiger partial charge in [0.2, 0.25) is 0 Å². The van der Waals surface area contributed by atoms with Crippen molar-refractivity contribution < 1.29 is 5.11 Å². The van der Waals surface area contributed by atoms with Crippen molar-refractivity contribution in [2.45, 2.75) is 13.5 Å². The quantitative estimate of drug-likeness (QED) is 0.769. The number of rotatable bonds is 2. The summed E-state index contributed by atoms with van der Waals surface area (Å²) < 4.78 is 2.07. The minimum absolute atomic E-state index is 0.00436. The van der Waals surface area contributed by atoms with Crippen LogP contribution in [0, 0.1) is 6.92 Å². The van der Waals surface area contributed by atoms with Crippen molar-refractivity contribution in [2.75, 3.05) is 0 Å². The SMILES string of the molecule is Cc1nc2cc(-c3csc(CO)n3)ccc2n1C. The maximum atomic E-state index is 9.04.